The van der Waals surface area contributed by atoms with Gasteiger partial charge >= 0.3 is 0 Å². The fourth-order valence-corrected chi connectivity index (χ4v) is 5.17. The number of nitrogens with zero attached hydrogens (tertiary/aromatic N) is 4. The molecule has 3 aliphatic rings. The zero-order chi connectivity index (χ0) is 25.2. The van der Waals surface area contributed by atoms with Crippen LogP contribution < -0.4 is 16.0 Å². The first-order chi connectivity index (χ1) is 18.1. The van der Waals surface area contributed by atoms with Crippen molar-refractivity contribution >= 4 is 34.2 Å². The van der Waals surface area contributed by atoms with Crippen LogP contribution >= 0.6 is 0 Å². The van der Waals surface area contributed by atoms with Gasteiger partial charge in [-0.15, -0.1) is 0 Å². The van der Waals surface area contributed by atoms with Gasteiger partial charge in [-0.1, -0.05) is 18.2 Å². The highest BCUT2D eigenvalue weighted by atomic mass is 19.1. The van der Waals surface area contributed by atoms with Crippen molar-refractivity contribution in [1.82, 2.24) is 25.6 Å². The lowest BCUT2D eigenvalue weighted by molar-refractivity contribution is 0.364. The van der Waals surface area contributed by atoms with Gasteiger partial charge in [0.2, 0.25) is 0 Å². The molecular weight excluding hydrogens is 465 g/mol. The average molecular weight is 498 g/mol. The van der Waals surface area contributed by atoms with Crippen LogP contribution in [0.4, 0.5) is 10.2 Å². The smallest absolute Gasteiger partial charge is 0.158 e. The summed E-state index contributed by atoms with van der Waals surface area (Å²) >= 11 is 0. The van der Waals surface area contributed by atoms with Gasteiger partial charge < -0.3 is 16.0 Å². The fourth-order valence-electron chi connectivity index (χ4n) is 5.17. The highest BCUT2D eigenvalue weighted by molar-refractivity contribution is 5.94. The van der Waals surface area contributed by atoms with Crippen molar-refractivity contribution in [3.05, 3.63) is 71.6 Å². The molecule has 1 aromatic carbocycles. The predicted molar refractivity (Wildman–Crippen MR) is 147 cm³/mol. The van der Waals surface area contributed by atoms with Gasteiger partial charge in [0.05, 0.1) is 11.7 Å². The Hall–Kier alpha value is -3.65. The van der Waals surface area contributed by atoms with Crippen molar-refractivity contribution in [2.24, 2.45) is 4.99 Å². The number of nitrogens with one attached hydrogen (secondary N) is 3. The molecule has 2 fully saturated rings. The second-order valence-electron chi connectivity index (χ2n) is 10.4. The molecule has 3 N–H and O–H groups in total. The molecule has 2 aliphatic heterocycles. The molecule has 1 saturated heterocycles. The number of hydrogen-bond acceptors (Lipinski definition) is 7. The average Bonchev–Trinajstić information content (AvgIpc) is 3.73. The number of hydrogen-bond donors (Lipinski definition) is 3. The van der Waals surface area contributed by atoms with Crippen LogP contribution in [0.15, 0.2) is 53.8 Å². The summed E-state index contributed by atoms with van der Waals surface area (Å²) in [6.45, 7) is 4.60. The molecule has 1 saturated carbocycles. The Morgan fingerprint density at radius 2 is 1.92 bits per heavy atom. The van der Waals surface area contributed by atoms with Crippen molar-refractivity contribution in [1.29, 1.82) is 0 Å². The zero-order valence-corrected chi connectivity index (χ0v) is 21.1. The number of piperidine rings is 1. The normalized spacial score (nSPS) is 23.4. The molecule has 0 radical (unpaired) electrons. The lowest BCUT2D eigenvalue weighted by Crippen LogP contribution is -2.45. The summed E-state index contributed by atoms with van der Waals surface area (Å²) < 4.78 is 14.5. The van der Waals surface area contributed by atoms with Gasteiger partial charge in [0.15, 0.2) is 5.82 Å². The van der Waals surface area contributed by atoms with Crippen molar-refractivity contribution in [3.63, 3.8) is 0 Å². The predicted octanol–water partition coefficient (Wildman–Crippen LogP) is 5.04. The summed E-state index contributed by atoms with van der Waals surface area (Å²) in [4.78, 5) is 19.1. The van der Waals surface area contributed by atoms with Crippen molar-refractivity contribution in [2.75, 3.05) is 25.1 Å². The summed E-state index contributed by atoms with van der Waals surface area (Å²) in [7, 11) is 0. The number of anilines is 1. The molecule has 6 rings (SSSR count). The Kier molecular flexibility index (Phi) is 6.42. The molecule has 0 spiro atoms. The Balaban J connectivity index is 1.43. The Labute approximate surface area is 216 Å². The van der Waals surface area contributed by atoms with E-state index in [1.165, 1.54) is 24.5 Å². The number of allylic oxidation sites excluding steroid dienone is 3. The topological polar surface area (TPSA) is 87.1 Å². The molecule has 0 atom stereocenters. The van der Waals surface area contributed by atoms with E-state index in [-0.39, 0.29) is 11.4 Å². The molecule has 2 aromatic heterocycles. The van der Waals surface area contributed by atoms with Crippen molar-refractivity contribution in [2.45, 2.75) is 50.5 Å². The van der Waals surface area contributed by atoms with E-state index < -0.39 is 0 Å². The van der Waals surface area contributed by atoms with Gasteiger partial charge in [-0.25, -0.2) is 14.4 Å². The quantitative estimate of drug-likeness (QED) is 0.458. The standard InChI is InChI=1S/C29H32FN7/c1-29(11-14-31-15-12-29)37-28-26-22(19-6-7-19)16-33-17-25(26)35-27(36-28)20-8-9-24(34-18-32-13-10-20)21-4-2-3-5-23(21)30/h2-5,9-10,13,16-17,19,31,34H,6-8,11-12,14-15,18H2,1H3,(H,35,36,37)/b20-10+,24-9-,32-13-. The van der Waals surface area contributed by atoms with Crippen LogP contribution in [0.25, 0.3) is 22.2 Å². The summed E-state index contributed by atoms with van der Waals surface area (Å²) in [5.41, 5.74) is 4.19. The fraction of sp³-hybridized carbons (Fsp3) is 0.379. The van der Waals surface area contributed by atoms with Crippen molar-refractivity contribution < 1.29 is 4.39 Å². The molecule has 4 heterocycles. The number of rotatable bonds is 5. The molecule has 3 aromatic rings. The van der Waals surface area contributed by atoms with Gasteiger partial charge in [0.25, 0.3) is 0 Å². The minimum Gasteiger partial charge on any atom is -0.366 e. The second kappa shape index (κ2) is 10.0. The molecule has 8 heteroatoms. The lowest BCUT2D eigenvalue weighted by Gasteiger charge is -2.36. The maximum absolute atomic E-state index is 14.5. The van der Waals surface area contributed by atoms with E-state index in [2.05, 4.69) is 32.9 Å². The number of aromatic nitrogens is 3. The molecule has 0 unspecified atom stereocenters. The zero-order valence-electron chi connectivity index (χ0n) is 21.1. The number of benzene rings is 1. The molecule has 7 nitrogen and oxygen atoms in total. The van der Waals surface area contributed by atoms with Crippen LogP contribution in [-0.2, 0) is 0 Å². The van der Waals surface area contributed by atoms with Crippen LogP contribution in [0.5, 0.6) is 0 Å². The lowest BCUT2D eigenvalue weighted by atomic mass is 9.90. The summed E-state index contributed by atoms with van der Waals surface area (Å²) in [5.74, 6) is 1.78. The third-order valence-electron chi connectivity index (χ3n) is 7.50. The van der Waals surface area contributed by atoms with E-state index in [4.69, 9.17) is 9.97 Å². The monoisotopic (exact) mass is 497 g/mol. The molecule has 190 valence electrons. The van der Waals surface area contributed by atoms with Crippen LogP contribution in [0.2, 0.25) is 0 Å². The van der Waals surface area contributed by atoms with E-state index in [1.807, 2.05) is 30.6 Å². The molecular formula is C29H32FN7. The van der Waals surface area contributed by atoms with Gasteiger partial charge in [0, 0.05) is 40.2 Å². The highest BCUT2D eigenvalue weighted by Gasteiger charge is 2.31. The third kappa shape index (κ3) is 5.11. The maximum atomic E-state index is 14.5. The van der Waals surface area contributed by atoms with Gasteiger partial charge in [-0.2, -0.15) is 0 Å². The number of fused-ring (bicyclic) bond motifs is 1. The molecule has 0 bridgehead atoms. The van der Waals surface area contributed by atoms with E-state index in [0.29, 0.717) is 36.1 Å². The Bertz CT molecular complexity index is 1400. The Morgan fingerprint density at radius 3 is 2.73 bits per heavy atom. The minimum atomic E-state index is -0.266. The SMILES string of the molecule is CC1(Nc2nc(/C3=C/C=N\CN/C(c4ccccc4F)=C\C3)nc3cncc(C4CC4)c23)CCNCC1. The summed E-state index contributed by atoms with van der Waals surface area (Å²) in [6, 6.07) is 6.78. The van der Waals surface area contributed by atoms with E-state index in [1.54, 1.807) is 18.3 Å². The molecule has 0 amide bonds. The van der Waals surface area contributed by atoms with Crippen LogP contribution in [0.3, 0.4) is 0 Å². The number of halogens is 1. The van der Waals surface area contributed by atoms with E-state index >= 15 is 0 Å². The second-order valence-corrected chi connectivity index (χ2v) is 10.4. The van der Waals surface area contributed by atoms with E-state index in [0.717, 1.165) is 48.2 Å². The first kappa shape index (κ1) is 23.7. The first-order valence-corrected chi connectivity index (χ1v) is 13.1. The van der Waals surface area contributed by atoms with Crippen molar-refractivity contribution in [3.8, 4) is 0 Å². The van der Waals surface area contributed by atoms with Crippen LogP contribution in [0.1, 0.15) is 61.9 Å². The Morgan fingerprint density at radius 1 is 1.08 bits per heavy atom. The van der Waals surface area contributed by atoms with Crippen LogP contribution in [0, 0.1) is 5.82 Å². The van der Waals surface area contributed by atoms with Gasteiger partial charge in [-0.05, 0) is 81.8 Å². The van der Waals surface area contributed by atoms with Gasteiger partial charge in [0.1, 0.15) is 18.3 Å². The molecule has 37 heavy (non-hydrogen) atoms. The van der Waals surface area contributed by atoms with E-state index in [9.17, 15) is 4.39 Å². The maximum Gasteiger partial charge on any atom is 0.158 e. The third-order valence-corrected chi connectivity index (χ3v) is 7.50. The summed E-state index contributed by atoms with van der Waals surface area (Å²) in [5, 5.41) is 11.6. The van der Waals surface area contributed by atoms with Crippen LogP contribution in [-0.4, -0.2) is 46.5 Å². The highest BCUT2D eigenvalue weighted by Crippen LogP contribution is 2.44. The summed E-state index contributed by atoms with van der Waals surface area (Å²) in [6.07, 6.45) is 14.5. The minimum absolute atomic E-state index is 0.0516. The number of aliphatic imine (C=N–C) groups is 1. The largest absolute Gasteiger partial charge is 0.366 e. The molecule has 1 aliphatic carbocycles. The number of pyridine rings is 1. The first-order valence-electron chi connectivity index (χ1n) is 13.1. The van der Waals surface area contributed by atoms with Gasteiger partial charge in [-0.3, -0.25) is 9.98 Å².